The van der Waals surface area contributed by atoms with E-state index < -0.39 is 15.9 Å². The lowest BCUT2D eigenvalue weighted by molar-refractivity contribution is 0.102. The summed E-state index contributed by atoms with van der Waals surface area (Å²) in [6.45, 7) is 2.46. The van der Waals surface area contributed by atoms with Crippen LogP contribution in [0.4, 0.5) is 5.69 Å². The van der Waals surface area contributed by atoms with E-state index in [1.54, 1.807) is 24.3 Å². The van der Waals surface area contributed by atoms with Gasteiger partial charge in [0.1, 0.15) is 17.3 Å². The van der Waals surface area contributed by atoms with Gasteiger partial charge in [-0.3, -0.25) is 14.5 Å². The minimum Gasteiger partial charge on any atom is -0.496 e. The van der Waals surface area contributed by atoms with Gasteiger partial charge in [0.15, 0.2) is 0 Å². The lowest BCUT2D eigenvalue weighted by Gasteiger charge is -2.13. The van der Waals surface area contributed by atoms with E-state index in [2.05, 4.69) is 15.0 Å². The van der Waals surface area contributed by atoms with Crippen molar-refractivity contribution in [3.63, 3.8) is 0 Å². The van der Waals surface area contributed by atoms with Crippen molar-refractivity contribution in [1.82, 2.24) is 4.72 Å². The number of sulfonamides is 1. The highest BCUT2D eigenvalue weighted by Crippen LogP contribution is 2.30. The van der Waals surface area contributed by atoms with Crippen LogP contribution in [0.1, 0.15) is 41.6 Å². The topological polar surface area (TPSA) is 106 Å². The maximum Gasteiger partial charge on any atom is 0.262 e. The minimum absolute atomic E-state index is 0.0521. The average Bonchev–Trinajstić information content (AvgIpc) is 3.02. The molecule has 0 saturated heterocycles. The van der Waals surface area contributed by atoms with E-state index in [0.717, 1.165) is 24.8 Å². The summed E-state index contributed by atoms with van der Waals surface area (Å²) in [5, 5.41) is 2.73. The molecule has 1 heterocycles. The van der Waals surface area contributed by atoms with E-state index in [1.807, 2.05) is 6.92 Å². The highest BCUT2D eigenvalue weighted by atomic mass is 32.2. The molecular formula is C22H27N3O5S. The van der Waals surface area contributed by atoms with Gasteiger partial charge < -0.3 is 14.8 Å². The standard InChI is InChI=1S/C22H27N3O5S/c1-15-19(29-2)12-16(13-20(15)30-3)22(26)24-17-8-7-9-18(14-17)31(27,28)25-21-10-5-4-6-11-23-21/h7-9,12-14H,4-6,10-11H2,1-3H3,(H,23,25)(H,24,26). The number of hydrogen-bond acceptors (Lipinski definition) is 6. The van der Waals surface area contributed by atoms with Crippen LogP contribution in [0.5, 0.6) is 11.5 Å². The summed E-state index contributed by atoms with van der Waals surface area (Å²) in [6, 6.07) is 9.32. The van der Waals surface area contributed by atoms with Crippen LogP contribution >= 0.6 is 0 Å². The fourth-order valence-electron chi connectivity index (χ4n) is 3.33. The zero-order valence-electron chi connectivity index (χ0n) is 17.9. The molecule has 1 aliphatic rings. The van der Waals surface area contributed by atoms with E-state index >= 15 is 0 Å². The van der Waals surface area contributed by atoms with Crippen molar-refractivity contribution in [3.05, 3.63) is 47.5 Å². The number of benzene rings is 2. The smallest absolute Gasteiger partial charge is 0.262 e. The fourth-order valence-corrected chi connectivity index (χ4v) is 4.47. The molecule has 2 aromatic carbocycles. The summed E-state index contributed by atoms with van der Waals surface area (Å²) in [5.74, 6) is 1.11. The molecule has 0 saturated carbocycles. The third-order valence-electron chi connectivity index (χ3n) is 5.04. The first-order chi connectivity index (χ1) is 14.8. The Kier molecular flexibility index (Phi) is 7.17. The molecule has 2 aromatic rings. The van der Waals surface area contributed by atoms with Gasteiger partial charge in [-0.05, 0) is 50.1 Å². The molecule has 0 spiro atoms. The lowest BCUT2D eigenvalue weighted by Crippen LogP contribution is -2.30. The second kappa shape index (κ2) is 9.82. The first-order valence-electron chi connectivity index (χ1n) is 10.0. The van der Waals surface area contributed by atoms with Crippen molar-refractivity contribution in [3.8, 4) is 11.5 Å². The highest BCUT2D eigenvalue weighted by molar-refractivity contribution is 7.90. The van der Waals surface area contributed by atoms with Gasteiger partial charge in [0, 0.05) is 29.8 Å². The Bertz CT molecular complexity index is 1070. The highest BCUT2D eigenvalue weighted by Gasteiger charge is 2.19. The van der Waals surface area contributed by atoms with Gasteiger partial charge in [0.05, 0.1) is 19.1 Å². The van der Waals surface area contributed by atoms with Crippen LogP contribution in [0.3, 0.4) is 0 Å². The number of rotatable bonds is 6. The zero-order chi connectivity index (χ0) is 22.4. The lowest BCUT2D eigenvalue weighted by atomic mass is 10.1. The number of amidine groups is 1. The number of anilines is 1. The molecule has 31 heavy (non-hydrogen) atoms. The van der Waals surface area contributed by atoms with Crippen LogP contribution in [-0.2, 0) is 10.0 Å². The Morgan fingerprint density at radius 3 is 2.42 bits per heavy atom. The second-order valence-electron chi connectivity index (χ2n) is 7.23. The number of methoxy groups -OCH3 is 2. The van der Waals surface area contributed by atoms with Crippen LogP contribution in [0.25, 0.3) is 0 Å². The summed E-state index contributed by atoms with van der Waals surface area (Å²) in [6.07, 6.45) is 3.50. The van der Waals surface area contributed by atoms with Crippen molar-refractivity contribution < 1.29 is 22.7 Å². The first-order valence-corrected chi connectivity index (χ1v) is 11.5. The molecule has 1 amide bonds. The Labute approximate surface area is 182 Å². The molecule has 9 heteroatoms. The molecule has 0 fully saturated rings. The number of amides is 1. The molecular weight excluding hydrogens is 418 g/mol. The van der Waals surface area contributed by atoms with Gasteiger partial charge in [-0.25, -0.2) is 8.42 Å². The number of carbonyl (C=O) groups is 1. The molecule has 8 nitrogen and oxygen atoms in total. The van der Waals surface area contributed by atoms with Gasteiger partial charge in [-0.15, -0.1) is 0 Å². The van der Waals surface area contributed by atoms with E-state index in [1.165, 1.54) is 26.4 Å². The molecule has 2 N–H and O–H groups in total. The molecule has 0 aliphatic carbocycles. The molecule has 0 radical (unpaired) electrons. The quantitative estimate of drug-likeness (QED) is 0.708. The van der Waals surface area contributed by atoms with Crippen molar-refractivity contribution in [2.75, 3.05) is 26.1 Å². The van der Waals surface area contributed by atoms with E-state index in [9.17, 15) is 13.2 Å². The van der Waals surface area contributed by atoms with Crippen molar-refractivity contribution in [2.24, 2.45) is 4.99 Å². The van der Waals surface area contributed by atoms with Crippen LogP contribution in [0.15, 0.2) is 46.3 Å². The summed E-state index contributed by atoms with van der Waals surface area (Å²) in [7, 11) is -0.764. The summed E-state index contributed by atoms with van der Waals surface area (Å²) < 4.78 is 38.8. The summed E-state index contributed by atoms with van der Waals surface area (Å²) in [5.41, 5.74) is 1.47. The fraction of sp³-hybridized carbons (Fsp3) is 0.364. The maximum absolute atomic E-state index is 12.8. The molecule has 1 aliphatic heterocycles. The SMILES string of the molecule is COc1cc(C(=O)Nc2cccc(S(=O)(=O)NC3=NCCCCC3)c2)cc(OC)c1C. The third-order valence-corrected chi connectivity index (χ3v) is 6.42. The summed E-state index contributed by atoms with van der Waals surface area (Å²) >= 11 is 0. The Balaban J connectivity index is 1.80. The number of hydrogen-bond donors (Lipinski definition) is 2. The predicted octanol–water partition coefficient (Wildman–Crippen LogP) is 3.52. The Morgan fingerprint density at radius 2 is 1.74 bits per heavy atom. The van der Waals surface area contributed by atoms with Crippen LogP contribution in [0, 0.1) is 6.92 Å². The first kappa shape index (κ1) is 22.6. The van der Waals surface area contributed by atoms with Gasteiger partial charge >= 0.3 is 0 Å². The van der Waals surface area contributed by atoms with E-state index in [0.29, 0.717) is 41.6 Å². The van der Waals surface area contributed by atoms with Gasteiger partial charge in [0.2, 0.25) is 0 Å². The minimum atomic E-state index is -3.80. The van der Waals surface area contributed by atoms with Crippen molar-refractivity contribution >= 4 is 27.5 Å². The van der Waals surface area contributed by atoms with Crippen molar-refractivity contribution in [1.29, 1.82) is 0 Å². The maximum atomic E-state index is 12.8. The molecule has 0 aromatic heterocycles. The van der Waals surface area contributed by atoms with Gasteiger partial charge in [-0.1, -0.05) is 12.5 Å². The number of aliphatic imine (C=N–C) groups is 1. The average molecular weight is 446 g/mol. The van der Waals surface area contributed by atoms with Gasteiger partial charge in [-0.2, -0.15) is 0 Å². The Hall–Kier alpha value is -3.07. The Morgan fingerprint density at radius 1 is 1.03 bits per heavy atom. The summed E-state index contributed by atoms with van der Waals surface area (Å²) in [4.78, 5) is 17.1. The molecule has 3 rings (SSSR count). The molecule has 0 atom stereocenters. The van der Waals surface area contributed by atoms with Crippen LogP contribution in [0.2, 0.25) is 0 Å². The monoisotopic (exact) mass is 445 g/mol. The van der Waals surface area contributed by atoms with Crippen LogP contribution in [-0.4, -0.2) is 40.9 Å². The molecule has 166 valence electrons. The number of carbonyl (C=O) groups excluding carboxylic acids is 1. The van der Waals surface area contributed by atoms with Crippen LogP contribution < -0.4 is 19.5 Å². The number of ether oxygens (including phenoxy) is 2. The largest absolute Gasteiger partial charge is 0.496 e. The van der Waals surface area contributed by atoms with Gasteiger partial charge in [0.25, 0.3) is 15.9 Å². The second-order valence-corrected chi connectivity index (χ2v) is 8.91. The normalized spacial score (nSPS) is 14.2. The number of nitrogens with zero attached hydrogens (tertiary/aromatic N) is 1. The van der Waals surface area contributed by atoms with E-state index in [-0.39, 0.29) is 4.90 Å². The van der Waals surface area contributed by atoms with E-state index in [4.69, 9.17) is 9.47 Å². The molecule has 0 unspecified atom stereocenters. The number of nitrogens with one attached hydrogen (secondary N) is 2. The zero-order valence-corrected chi connectivity index (χ0v) is 18.7. The van der Waals surface area contributed by atoms with Crippen molar-refractivity contribution in [2.45, 2.75) is 37.5 Å². The predicted molar refractivity (Wildman–Crippen MR) is 120 cm³/mol. The third kappa shape index (κ3) is 5.55. The molecule has 0 bridgehead atoms.